The highest BCUT2D eigenvalue weighted by Gasteiger charge is 2.30. The highest BCUT2D eigenvalue weighted by molar-refractivity contribution is 5.26. The second-order valence-corrected chi connectivity index (χ2v) is 4.23. The zero-order valence-electron chi connectivity index (χ0n) is 10.7. The monoisotopic (exact) mass is 270 g/mol. The number of alkyl halides is 3. The van der Waals surface area contributed by atoms with Crippen molar-refractivity contribution in [3.05, 3.63) is 35.4 Å². The lowest BCUT2D eigenvalue weighted by atomic mass is 10.0. The largest absolute Gasteiger partial charge is 0.416 e. The number of hydrogen-bond donors (Lipinski definition) is 2. The van der Waals surface area contributed by atoms with E-state index < -0.39 is 11.7 Å². The summed E-state index contributed by atoms with van der Waals surface area (Å²) in [5, 5.41) is 0. The predicted octanol–water partition coefficient (Wildman–Crippen LogP) is 2.88. The van der Waals surface area contributed by atoms with Gasteiger partial charge in [-0.1, -0.05) is 18.2 Å². The van der Waals surface area contributed by atoms with E-state index in [9.17, 15) is 13.2 Å². The van der Waals surface area contributed by atoms with Crippen molar-refractivity contribution in [3.8, 4) is 11.8 Å². The summed E-state index contributed by atoms with van der Waals surface area (Å²) in [6.45, 7) is 1.75. The van der Waals surface area contributed by atoms with Gasteiger partial charge in [0.25, 0.3) is 0 Å². The average molecular weight is 270 g/mol. The topological polar surface area (TPSA) is 38.0 Å². The molecule has 3 N–H and O–H groups in total. The van der Waals surface area contributed by atoms with Crippen LogP contribution < -0.4 is 11.3 Å². The van der Waals surface area contributed by atoms with Crippen LogP contribution in [-0.2, 0) is 12.6 Å². The molecule has 0 radical (unpaired) electrons. The summed E-state index contributed by atoms with van der Waals surface area (Å²) < 4.78 is 37.7. The van der Waals surface area contributed by atoms with Crippen molar-refractivity contribution < 1.29 is 13.2 Å². The third-order valence-electron chi connectivity index (χ3n) is 2.77. The molecule has 19 heavy (non-hydrogen) atoms. The molecule has 0 saturated carbocycles. The maximum absolute atomic E-state index is 12.6. The van der Waals surface area contributed by atoms with Crippen molar-refractivity contribution in [2.75, 3.05) is 0 Å². The molecule has 0 fully saturated rings. The summed E-state index contributed by atoms with van der Waals surface area (Å²) in [5.74, 6) is 11.1. The lowest BCUT2D eigenvalue weighted by molar-refractivity contribution is -0.137. The van der Waals surface area contributed by atoms with Gasteiger partial charge < -0.3 is 0 Å². The van der Waals surface area contributed by atoms with Crippen molar-refractivity contribution in [3.63, 3.8) is 0 Å². The Hall–Kier alpha value is -1.51. The van der Waals surface area contributed by atoms with Gasteiger partial charge in [0.1, 0.15) is 0 Å². The smallest absolute Gasteiger partial charge is 0.271 e. The standard InChI is InChI=1S/C14H17F3N2/c1-2-3-4-8-13(19-18)10-11-6-5-7-12(9-11)14(15,16)17/h5-7,9,13,19H,4,8,10,18H2,1H3. The summed E-state index contributed by atoms with van der Waals surface area (Å²) in [5.41, 5.74) is 2.60. The molecular formula is C14H17F3N2. The number of benzene rings is 1. The summed E-state index contributed by atoms with van der Waals surface area (Å²) in [4.78, 5) is 0. The first kappa shape index (κ1) is 15.5. The van der Waals surface area contributed by atoms with Crippen molar-refractivity contribution in [1.82, 2.24) is 5.43 Å². The molecule has 0 aliphatic carbocycles. The molecule has 2 nitrogen and oxygen atoms in total. The Balaban J connectivity index is 2.71. The van der Waals surface area contributed by atoms with Crippen molar-refractivity contribution in [2.24, 2.45) is 5.84 Å². The Morgan fingerprint density at radius 1 is 1.37 bits per heavy atom. The van der Waals surface area contributed by atoms with E-state index in [0.29, 0.717) is 24.8 Å². The Labute approximate surface area is 111 Å². The predicted molar refractivity (Wildman–Crippen MR) is 68.9 cm³/mol. The van der Waals surface area contributed by atoms with E-state index >= 15 is 0 Å². The summed E-state index contributed by atoms with van der Waals surface area (Å²) in [6, 6.07) is 5.24. The minimum Gasteiger partial charge on any atom is -0.271 e. The fourth-order valence-corrected chi connectivity index (χ4v) is 1.77. The fraction of sp³-hybridized carbons (Fsp3) is 0.429. The summed E-state index contributed by atoms with van der Waals surface area (Å²) in [7, 11) is 0. The van der Waals surface area contributed by atoms with Gasteiger partial charge in [-0.05, 0) is 31.4 Å². The van der Waals surface area contributed by atoms with Gasteiger partial charge in [-0.3, -0.25) is 11.3 Å². The van der Waals surface area contributed by atoms with E-state index in [1.165, 1.54) is 6.07 Å². The van der Waals surface area contributed by atoms with Crippen molar-refractivity contribution in [1.29, 1.82) is 0 Å². The van der Waals surface area contributed by atoms with E-state index in [-0.39, 0.29) is 6.04 Å². The van der Waals surface area contributed by atoms with Gasteiger partial charge >= 0.3 is 6.18 Å². The third-order valence-corrected chi connectivity index (χ3v) is 2.77. The Morgan fingerprint density at radius 3 is 2.68 bits per heavy atom. The molecule has 1 unspecified atom stereocenters. The van der Waals surface area contributed by atoms with Crippen LogP contribution in [-0.4, -0.2) is 6.04 Å². The van der Waals surface area contributed by atoms with Gasteiger partial charge in [0.15, 0.2) is 0 Å². The van der Waals surface area contributed by atoms with Gasteiger partial charge in [0.2, 0.25) is 0 Å². The molecule has 0 spiro atoms. The molecular weight excluding hydrogens is 253 g/mol. The zero-order valence-corrected chi connectivity index (χ0v) is 10.7. The Morgan fingerprint density at radius 2 is 2.11 bits per heavy atom. The minimum atomic E-state index is -4.31. The molecule has 0 aliphatic rings. The second-order valence-electron chi connectivity index (χ2n) is 4.23. The molecule has 1 aromatic carbocycles. The first-order valence-corrected chi connectivity index (χ1v) is 5.99. The van der Waals surface area contributed by atoms with E-state index in [4.69, 9.17) is 5.84 Å². The van der Waals surface area contributed by atoms with Crippen LogP contribution in [0.3, 0.4) is 0 Å². The third kappa shape index (κ3) is 5.33. The maximum atomic E-state index is 12.6. The minimum absolute atomic E-state index is 0.0793. The quantitative estimate of drug-likeness (QED) is 0.490. The van der Waals surface area contributed by atoms with E-state index in [1.807, 2.05) is 0 Å². The van der Waals surface area contributed by atoms with Gasteiger partial charge in [-0.2, -0.15) is 13.2 Å². The van der Waals surface area contributed by atoms with Crippen LogP contribution in [0, 0.1) is 11.8 Å². The van der Waals surface area contributed by atoms with E-state index in [2.05, 4.69) is 17.3 Å². The second kappa shape index (κ2) is 7.17. The molecule has 5 heteroatoms. The highest BCUT2D eigenvalue weighted by atomic mass is 19.4. The molecule has 0 saturated heterocycles. The molecule has 0 amide bonds. The fourth-order valence-electron chi connectivity index (χ4n) is 1.77. The molecule has 0 heterocycles. The number of nitrogens with one attached hydrogen (secondary N) is 1. The number of halogens is 3. The number of hydrogen-bond acceptors (Lipinski definition) is 2. The normalized spacial score (nSPS) is 12.7. The van der Waals surface area contributed by atoms with Crippen molar-refractivity contribution >= 4 is 0 Å². The molecule has 0 aromatic heterocycles. The van der Waals surface area contributed by atoms with Gasteiger partial charge in [-0.25, -0.2) is 0 Å². The van der Waals surface area contributed by atoms with Gasteiger partial charge in [0, 0.05) is 12.5 Å². The summed E-state index contributed by atoms with van der Waals surface area (Å²) >= 11 is 0. The molecule has 1 rings (SSSR count). The molecule has 1 aromatic rings. The van der Waals surface area contributed by atoms with Crippen LogP contribution >= 0.6 is 0 Å². The SMILES string of the molecule is CC#CCCC(Cc1cccc(C(F)(F)F)c1)NN. The van der Waals surface area contributed by atoms with Crippen LogP contribution in [0.2, 0.25) is 0 Å². The summed E-state index contributed by atoms with van der Waals surface area (Å²) in [6.07, 6.45) is -2.49. The van der Waals surface area contributed by atoms with Crippen LogP contribution in [0.25, 0.3) is 0 Å². The lowest BCUT2D eigenvalue weighted by Gasteiger charge is -2.15. The number of hydrazine groups is 1. The number of nitrogens with two attached hydrogens (primary N) is 1. The first-order valence-electron chi connectivity index (χ1n) is 5.99. The number of rotatable bonds is 5. The van der Waals surface area contributed by atoms with E-state index in [1.54, 1.807) is 13.0 Å². The Kier molecular flexibility index (Phi) is 5.87. The van der Waals surface area contributed by atoms with Crippen LogP contribution in [0.1, 0.15) is 30.9 Å². The molecule has 1 atom stereocenters. The van der Waals surface area contributed by atoms with Crippen LogP contribution in [0.15, 0.2) is 24.3 Å². The lowest BCUT2D eigenvalue weighted by Crippen LogP contribution is -2.36. The Bertz CT molecular complexity index is 458. The highest BCUT2D eigenvalue weighted by Crippen LogP contribution is 2.29. The van der Waals surface area contributed by atoms with Crippen molar-refractivity contribution in [2.45, 2.75) is 38.4 Å². The van der Waals surface area contributed by atoms with Gasteiger partial charge in [0.05, 0.1) is 5.56 Å². The van der Waals surface area contributed by atoms with Crippen LogP contribution in [0.5, 0.6) is 0 Å². The molecule has 0 aliphatic heterocycles. The van der Waals surface area contributed by atoms with E-state index in [0.717, 1.165) is 12.1 Å². The zero-order chi connectivity index (χ0) is 14.3. The first-order chi connectivity index (χ1) is 8.97. The molecule has 104 valence electrons. The molecule has 0 bridgehead atoms. The van der Waals surface area contributed by atoms with Gasteiger partial charge in [-0.15, -0.1) is 11.8 Å². The maximum Gasteiger partial charge on any atom is 0.416 e. The van der Waals surface area contributed by atoms with Crippen LogP contribution in [0.4, 0.5) is 13.2 Å². The average Bonchev–Trinajstić information content (AvgIpc) is 2.37.